The zero-order valence-corrected chi connectivity index (χ0v) is 14.2. The summed E-state index contributed by atoms with van der Waals surface area (Å²) in [5.41, 5.74) is 2.43. The van der Waals surface area contributed by atoms with Gasteiger partial charge in [0, 0.05) is 0 Å². The molecule has 0 radical (unpaired) electrons. The minimum absolute atomic E-state index is 0.987. The van der Waals surface area contributed by atoms with E-state index in [2.05, 4.69) is 20.0 Å². The van der Waals surface area contributed by atoms with Crippen molar-refractivity contribution >= 4 is 8.07 Å². The van der Waals surface area contributed by atoms with Gasteiger partial charge in [0.1, 0.15) is 0 Å². The minimum atomic E-state index is -0.987. The van der Waals surface area contributed by atoms with Gasteiger partial charge in [0.25, 0.3) is 0 Å². The second-order valence-corrected chi connectivity index (χ2v) is 14.2. The molecule has 4 aliphatic rings. The lowest BCUT2D eigenvalue weighted by Gasteiger charge is -2.44. The second-order valence-electron chi connectivity index (χ2n) is 9.10. The van der Waals surface area contributed by atoms with Crippen molar-refractivity contribution in [3.05, 3.63) is 0 Å². The summed E-state index contributed by atoms with van der Waals surface area (Å²) in [6.07, 6.45) is 12.8. The number of hydrogen-bond donors (Lipinski definition) is 0. The quantitative estimate of drug-likeness (QED) is 0.579. The van der Waals surface area contributed by atoms with Crippen LogP contribution in [0, 0.1) is 29.6 Å². The maximum atomic E-state index is 2.80. The molecule has 4 bridgehead atoms. The summed E-state index contributed by atoms with van der Waals surface area (Å²) >= 11 is 0. The van der Waals surface area contributed by atoms with E-state index in [1.165, 1.54) is 23.4 Å². The van der Waals surface area contributed by atoms with Crippen LogP contribution in [0.4, 0.5) is 0 Å². The minimum Gasteiger partial charge on any atom is -0.0689 e. The Morgan fingerprint density at radius 1 is 0.789 bits per heavy atom. The Balaban J connectivity index is 1.50. The zero-order valence-electron chi connectivity index (χ0n) is 13.2. The van der Waals surface area contributed by atoms with E-state index in [1.807, 2.05) is 0 Å². The topological polar surface area (TPSA) is 0 Å². The molecule has 4 aliphatic carbocycles. The van der Waals surface area contributed by atoms with Crippen LogP contribution in [0.3, 0.4) is 0 Å². The highest BCUT2D eigenvalue weighted by Gasteiger charge is 2.56. The van der Waals surface area contributed by atoms with Crippen LogP contribution in [0.15, 0.2) is 0 Å². The van der Waals surface area contributed by atoms with Crippen LogP contribution in [-0.4, -0.2) is 8.07 Å². The van der Waals surface area contributed by atoms with Crippen molar-refractivity contribution in [3.63, 3.8) is 0 Å². The van der Waals surface area contributed by atoms with E-state index in [0.717, 1.165) is 23.7 Å². The van der Waals surface area contributed by atoms with Gasteiger partial charge >= 0.3 is 0 Å². The highest BCUT2D eigenvalue weighted by Crippen LogP contribution is 2.65. The fourth-order valence-corrected chi connectivity index (χ4v) is 12.6. The second kappa shape index (κ2) is 4.35. The molecule has 7 unspecified atom stereocenters. The molecule has 0 amide bonds. The van der Waals surface area contributed by atoms with Crippen LogP contribution in [0.25, 0.3) is 0 Å². The third-order valence-electron chi connectivity index (χ3n) is 8.18. The molecule has 4 fully saturated rings. The average Bonchev–Trinajstić information content (AvgIpc) is 3.15. The Morgan fingerprint density at radius 3 is 2.11 bits per heavy atom. The van der Waals surface area contributed by atoms with Gasteiger partial charge in [-0.2, -0.15) is 0 Å². The highest BCUT2D eigenvalue weighted by molar-refractivity contribution is 6.80. The van der Waals surface area contributed by atoms with Crippen molar-refractivity contribution in [2.45, 2.75) is 82.5 Å². The lowest BCUT2D eigenvalue weighted by molar-refractivity contribution is 0.316. The Hall–Kier alpha value is 0.217. The molecule has 0 aliphatic heterocycles. The fourth-order valence-electron chi connectivity index (χ4n) is 7.24. The van der Waals surface area contributed by atoms with Crippen molar-refractivity contribution in [2.24, 2.45) is 29.6 Å². The van der Waals surface area contributed by atoms with Crippen molar-refractivity contribution in [1.82, 2.24) is 0 Å². The highest BCUT2D eigenvalue weighted by atomic mass is 28.3. The maximum Gasteiger partial charge on any atom is 0.0541 e. The first-order valence-corrected chi connectivity index (χ1v) is 12.2. The van der Waals surface area contributed by atoms with Crippen LogP contribution in [0.5, 0.6) is 0 Å². The number of fused-ring (bicyclic) bond motifs is 4. The normalized spacial score (nSPS) is 52.3. The first kappa shape index (κ1) is 12.9. The van der Waals surface area contributed by atoms with Crippen LogP contribution < -0.4 is 0 Å². The predicted molar refractivity (Wildman–Crippen MR) is 85.0 cm³/mol. The van der Waals surface area contributed by atoms with E-state index in [9.17, 15) is 0 Å². The molecule has 0 aromatic carbocycles. The van der Waals surface area contributed by atoms with Gasteiger partial charge in [-0.15, -0.1) is 0 Å². The first-order chi connectivity index (χ1) is 9.09. The van der Waals surface area contributed by atoms with E-state index < -0.39 is 8.07 Å². The molecule has 1 heteroatoms. The van der Waals surface area contributed by atoms with Crippen molar-refractivity contribution in [2.75, 3.05) is 0 Å². The van der Waals surface area contributed by atoms with Crippen LogP contribution in [-0.2, 0) is 0 Å². The van der Waals surface area contributed by atoms with Crippen LogP contribution >= 0.6 is 0 Å². The van der Waals surface area contributed by atoms with Crippen molar-refractivity contribution in [3.8, 4) is 0 Å². The largest absolute Gasteiger partial charge is 0.0689 e. The fraction of sp³-hybridized carbons (Fsp3) is 1.00. The third kappa shape index (κ3) is 1.83. The molecular formula is C18H32Si. The number of hydrogen-bond acceptors (Lipinski definition) is 0. The Labute approximate surface area is 120 Å². The molecule has 108 valence electrons. The summed E-state index contributed by atoms with van der Waals surface area (Å²) in [7, 11) is -0.987. The lowest BCUT2D eigenvalue weighted by Crippen LogP contribution is -2.43. The van der Waals surface area contributed by atoms with E-state index >= 15 is 0 Å². The number of rotatable bonds is 3. The predicted octanol–water partition coefficient (Wildman–Crippen LogP) is 5.71. The third-order valence-corrected chi connectivity index (χ3v) is 13.4. The molecule has 0 N–H and O–H groups in total. The summed E-state index contributed by atoms with van der Waals surface area (Å²) in [6, 6.07) is 0. The van der Waals surface area contributed by atoms with E-state index in [4.69, 9.17) is 0 Å². The Kier molecular flexibility index (Phi) is 2.96. The van der Waals surface area contributed by atoms with Crippen molar-refractivity contribution < 1.29 is 0 Å². The molecule has 0 saturated heterocycles. The van der Waals surface area contributed by atoms with Gasteiger partial charge in [0.05, 0.1) is 8.07 Å². The van der Waals surface area contributed by atoms with Gasteiger partial charge < -0.3 is 0 Å². The Morgan fingerprint density at radius 2 is 1.58 bits per heavy atom. The van der Waals surface area contributed by atoms with Crippen molar-refractivity contribution in [1.29, 1.82) is 0 Å². The van der Waals surface area contributed by atoms with Crippen LogP contribution in [0.2, 0.25) is 24.2 Å². The van der Waals surface area contributed by atoms with E-state index in [-0.39, 0.29) is 0 Å². The molecule has 0 heterocycles. The molecule has 0 nitrogen and oxygen atoms in total. The zero-order chi connectivity index (χ0) is 13.2. The summed E-state index contributed by atoms with van der Waals surface area (Å²) in [6.45, 7) is 8.02. The van der Waals surface area contributed by atoms with E-state index in [1.54, 1.807) is 44.9 Å². The first-order valence-electron chi connectivity index (χ1n) is 9.09. The average molecular weight is 277 g/mol. The molecular weight excluding hydrogens is 244 g/mol. The van der Waals surface area contributed by atoms with Gasteiger partial charge in [-0.25, -0.2) is 0 Å². The standard InChI is InChI=1S/C18H32Si/c1-4-13-9-16-10-15(13)11-18(16)19(2,3)17-8-12-5-6-14(17)7-12/h12-18H,4-11H2,1-3H3. The van der Waals surface area contributed by atoms with Crippen LogP contribution in [0.1, 0.15) is 58.3 Å². The summed E-state index contributed by atoms with van der Waals surface area (Å²) in [5.74, 6) is 5.75. The smallest absolute Gasteiger partial charge is 0.0541 e. The SMILES string of the molecule is CCC1CC2CC1CC2[Si](C)(C)C1CC2CCC1C2. The van der Waals surface area contributed by atoms with Gasteiger partial charge in [-0.05, 0) is 72.8 Å². The van der Waals surface area contributed by atoms with E-state index in [0.29, 0.717) is 0 Å². The Bertz CT molecular complexity index is 361. The molecule has 0 aromatic rings. The molecule has 4 rings (SSSR count). The van der Waals surface area contributed by atoms with Gasteiger partial charge in [-0.1, -0.05) is 39.3 Å². The summed E-state index contributed by atoms with van der Waals surface area (Å²) in [5, 5.41) is 0. The lowest BCUT2D eigenvalue weighted by atomic mass is 9.87. The monoisotopic (exact) mass is 276 g/mol. The molecule has 0 aromatic heterocycles. The molecule has 7 atom stereocenters. The molecule has 4 saturated carbocycles. The summed E-state index contributed by atoms with van der Waals surface area (Å²) in [4.78, 5) is 0. The summed E-state index contributed by atoms with van der Waals surface area (Å²) < 4.78 is 0. The molecule has 0 spiro atoms. The van der Waals surface area contributed by atoms with Gasteiger partial charge in [-0.3, -0.25) is 0 Å². The van der Waals surface area contributed by atoms with Gasteiger partial charge in [0.15, 0.2) is 0 Å². The maximum absolute atomic E-state index is 2.80. The molecule has 19 heavy (non-hydrogen) atoms. The van der Waals surface area contributed by atoms with Gasteiger partial charge in [0.2, 0.25) is 0 Å².